The molecule has 0 rings (SSSR count). The minimum absolute atomic E-state index is 0.364. The lowest BCUT2D eigenvalue weighted by Crippen LogP contribution is -2.52. The van der Waals surface area contributed by atoms with Crippen molar-refractivity contribution < 1.29 is 23.9 Å². The van der Waals surface area contributed by atoms with Crippen LogP contribution in [0.2, 0.25) is 0 Å². The second-order valence-electron chi connectivity index (χ2n) is 4.83. The van der Waals surface area contributed by atoms with Gasteiger partial charge < -0.3 is 9.47 Å². The first-order valence-electron chi connectivity index (χ1n) is 6.17. The number of nitrogens with zero attached hydrogens (tertiary/aromatic N) is 1. The van der Waals surface area contributed by atoms with Crippen LogP contribution in [0.15, 0.2) is 0 Å². The topological polar surface area (TPSA) is 84.9 Å². The summed E-state index contributed by atoms with van der Waals surface area (Å²) in [5, 5.41) is 0.537. The van der Waals surface area contributed by atoms with Gasteiger partial charge in [-0.2, -0.15) is 0 Å². The van der Waals surface area contributed by atoms with Crippen LogP contribution < -0.4 is 5.43 Å². The van der Waals surface area contributed by atoms with E-state index in [9.17, 15) is 14.4 Å². The van der Waals surface area contributed by atoms with E-state index < -0.39 is 30.1 Å². The van der Waals surface area contributed by atoms with Crippen LogP contribution in [-0.2, 0) is 14.3 Å². The minimum Gasteiger partial charge on any atom is -0.446 e. The first-order valence-corrected chi connectivity index (χ1v) is 6.17. The van der Waals surface area contributed by atoms with Crippen molar-refractivity contribution >= 4 is 18.1 Å². The number of imide groups is 1. The number of rotatable bonds is 3. The molecule has 0 spiro atoms. The maximum absolute atomic E-state index is 11.8. The van der Waals surface area contributed by atoms with E-state index in [1.54, 1.807) is 41.5 Å². The smallest absolute Gasteiger partial charge is 0.436 e. The predicted octanol–water partition coefficient (Wildman–Crippen LogP) is 2.07. The summed E-state index contributed by atoms with van der Waals surface area (Å²) in [5.41, 5.74) is 2.08. The zero-order valence-electron chi connectivity index (χ0n) is 12.2. The summed E-state index contributed by atoms with van der Waals surface area (Å²) < 4.78 is 9.70. The summed E-state index contributed by atoms with van der Waals surface area (Å²) in [6.07, 6.45) is -2.59. The van der Waals surface area contributed by atoms with E-state index in [0.29, 0.717) is 5.01 Å². The lowest BCUT2D eigenvalue weighted by molar-refractivity contribution is -0.135. The fourth-order valence-corrected chi connectivity index (χ4v) is 1.03. The molecule has 0 saturated carbocycles. The number of ether oxygens (including phenoxy) is 2. The molecule has 0 aliphatic rings. The number of amides is 3. The molecule has 1 N–H and O–H groups in total. The molecule has 7 heteroatoms. The fraction of sp³-hybridized carbons (Fsp3) is 0.750. The van der Waals surface area contributed by atoms with Crippen molar-refractivity contribution in [3.63, 3.8) is 0 Å². The van der Waals surface area contributed by atoms with Gasteiger partial charge in [-0.05, 0) is 27.7 Å². The molecule has 0 radical (unpaired) electrons. The van der Waals surface area contributed by atoms with Crippen LogP contribution in [0.4, 0.5) is 9.59 Å². The van der Waals surface area contributed by atoms with Crippen LogP contribution >= 0.6 is 0 Å². The molecular formula is C12H22N2O5. The highest BCUT2D eigenvalue weighted by atomic mass is 16.6. The van der Waals surface area contributed by atoms with Crippen LogP contribution in [0.25, 0.3) is 0 Å². The molecule has 0 heterocycles. The van der Waals surface area contributed by atoms with Gasteiger partial charge in [-0.15, -0.1) is 5.01 Å². The quantitative estimate of drug-likeness (QED) is 0.796. The Labute approximate surface area is 113 Å². The normalized spacial score (nSPS) is 10.6. The molecule has 110 valence electrons. The van der Waals surface area contributed by atoms with E-state index in [0.717, 1.165) is 0 Å². The van der Waals surface area contributed by atoms with Crippen LogP contribution in [-0.4, -0.2) is 35.3 Å². The van der Waals surface area contributed by atoms with Gasteiger partial charge in [0.25, 0.3) is 5.91 Å². The van der Waals surface area contributed by atoms with Crippen molar-refractivity contribution in [1.82, 2.24) is 10.4 Å². The Kier molecular flexibility index (Phi) is 6.89. The van der Waals surface area contributed by atoms with E-state index in [2.05, 4.69) is 5.43 Å². The predicted molar refractivity (Wildman–Crippen MR) is 68.1 cm³/mol. The number of nitrogens with one attached hydrogen (secondary N) is 1. The largest absolute Gasteiger partial charge is 0.446 e. The lowest BCUT2D eigenvalue weighted by atomic mass is 10.2. The van der Waals surface area contributed by atoms with Crippen LogP contribution in [0, 0.1) is 5.92 Å². The van der Waals surface area contributed by atoms with Gasteiger partial charge in [0.2, 0.25) is 0 Å². The summed E-state index contributed by atoms with van der Waals surface area (Å²) in [4.78, 5) is 35.0. The van der Waals surface area contributed by atoms with Crippen molar-refractivity contribution in [2.45, 2.75) is 53.8 Å². The molecule has 3 amide bonds. The first-order chi connectivity index (χ1) is 8.65. The fourth-order valence-electron chi connectivity index (χ4n) is 1.03. The number of carbonyl (C=O) groups is 3. The van der Waals surface area contributed by atoms with Crippen molar-refractivity contribution in [1.29, 1.82) is 0 Å². The summed E-state index contributed by atoms with van der Waals surface area (Å²) >= 11 is 0. The average molecular weight is 274 g/mol. The SMILES string of the molecule is CC(C)OC(=O)NN(C(=O)OC(C)C)C(=O)C(C)C. The van der Waals surface area contributed by atoms with Gasteiger partial charge in [-0.3, -0.25) is 4.79 Å². The minimum atomic E-state index is -0.936. The van der Waals surface area contributed by atoms with Crippen LogP contribution in [0.1, 0.15) is 41.5 Å². The Balaban J connectivity index is 4.82. The first kappa shape index (κ1) is 17.2. The van der Waals surface area contributed by atoms with E-state index >= 15 is 0 Å². The third-order valence-corrected chi connectivity index (χ3v) is 1.78. The third kappa shape index (κ3) is 6.64. The molecular weight excluding hydrogens is 252 g/mol. The molecule has 0 aromatic heterocycles. The second kappa shape index (κ2) is 7.60. The molecule has 7 nitrogen and oxygen atoms in total. The Hall–Kier alpha value is -1.79. The average Bonchev–Trinajstić information content (AvgIpc) is 2.22. The summed E-state index contributed by atoms with van der Waals surface area (Å²) in [6.45, 7) is 9.80. The molecule has 0 bridgehead atoms. The van der Waals surface area contributed by atoms with Crippen LogP contribution in [0.5, 0.6) is 0 Å². The van der Waals surface area contributed by atoms with Gasteiger partial charge in [0.05, 0.1) is 12.2 Å². The maximum atomic E-state index is 11.8. The third-order valence-electron chi connectivity index (χ3n) is 1.78. The van der Waals surface area contributed by atoms with Gasteiger partial charge in [0, 0.05) is 5.92 Å². The summed E-state index contributed by atoms with van der Waals surface area (Å²) in [7, 11) is 0. The van der Waals surface area contributed by atoms with Crippen LogP contribution in [0.3, 0.4) is 0 Å². The van der Waals surface area contributed by atoms with Gasteiger partial charge in [0.15, 0.2) is 0 Å². The summed E-state index contributed by atoms with van der Waals surface area (Å²) in [6, 6.07) is 0. The molecule has 0 aromatic carbocycles. The standard InChI is InChI=1S/C12H22N2O5/c1-7(2)10(15)14(12(17)19-9(5)6)13-11(16)18-8(3)4/h7-9H,1-6H3,(H,13,16). The van der Waals surface area contributed by atoms with Gasteiger partial charge in [-0.25, -0.2) is 15.0 Å². The lowest BCUT2D eigenvalue weighted by Gasteiger charge is -2.23. The van der Waals surface area contributed by atoms with E-state index in [1.165, 1.54) is 0 Å². The Morgan fingerprint density at radius 1 is 0.895 bits per heavy atom. The van der Waals surface area contributed by atoms with Crippen molar-refractivity contribution in [2.75, 3.05) is 0 Å². The molecule has 0 atom stereocenters. The highest BCUT2D eigenvalue weighted by Crippen LogP contribution is 2.04. The number of carbonyl (C=O) groups excluding carboxylic acids is 3. The van der Waals surface area contributed by atoms with E-state index in [4.69, 9.17) is 9.47 Å². The molecule has 19 heavy (non-hydrogen) atoms. The summed E-state index contributed by atoms with van der Waals surface area (Å²) in [5.74, 6) is -1.05. The molecule has 0 saturated heterocycles. The Morgan fingerprint density at radius 3 is 1.74 bits per heavy atom. The van der Waals surface area contributed by atoms with Gasteiger partial charge >= 0.3 is 12.2 Å². The zero-order valence-corrected chi connectivity index (χ0v) is 12.2. The molecule has 0 aromatic rings. The highest BCUT2D eigenvalue weighted by molar-refractivity contribution is 5.94. The Morgan fingerprint density at radius 2 is 1.37 bits per heavy atom. The zero-order chi connectivity index (χ0) is 15.2. The maximum Gasteiger partial charge on any atom is 0.436 e. The van der Waals surface area contributed by atoms with Gasteiger partial charge in [-0.1, -0.05) is 13.8 Å². The van der Waals surface area contributed by atoms with Crippen molar-refractivity contribution in [2.24, 2.45) is 5.92 Å². The number of hydrogen-bond acceptors (Lipinski definition) is 5. The molecule has 0 fully saturated rings. The van der Waals surface area contributed by atoms with Crippen molar-refractivity contribution in [3.8, 4) is 0 Å². The number of hydrogen-bond donors (Lipinski definition) is 1. The van der Waals surface area contributed by atoms with Crippen molar-refractivity contribution in [3.05, 3.63) is 0 Å². The Bertz CT molecular complexity index is 339. The van der Waals surface area contributed by atoms with E-state index in [1.807, 2.05) is 0 Å². The highest BCUT2D eigenvalue weighted by Gasteiger charge is 2.28. The molecule has 0 aliphatic carbocycles. The number of hydrazine groups is 1. The molecule has 0 aliphatic heterocycles. The van der Waals surface area contributed by atoms with Gasteiger partial charge in [0.1, 0.15) is 0 Å². The second-order valence-corrected chi connectivity index (χ2v) is 4.83. The van der Waals surface area contributed by atoms with E-state index in [-0.39, 0.29) is 6.10 Å². The molecule has 0 unspecified atom stereocenters. The monoisotopic (exact) mass is 274 g/mol.